The quantitative estimate of drug-likeness (QED) is 0.175. The highest BCUT2D eigenvalue weighted by molar-refractivity contribution is 14.0. The monoisotopic (exact) mass is 506 g/mol. The SMILES string of the molecule is CCCCOCCCNC(=NCc1cccc(OCCN(C)C)c1)NCC.I. The number of halogens is 1. The second-order valence-electron chi connectivity index (χ2n) is 6.74. The van der Waals surface area contributed by atoms with Crippen LogP contribution >= 0.6 is 24.0 Å². The van der Waals surface area contributed by atoms with Gasteiger partial charge in [0.1, 0.15) is 12.4 Å². The summed E-state index contributed by atoms with van der Waals surface area (Å²) in [6.45, 7) is 9.80. The lowest BCUT2D eigenvalue weighted by atomic mass is 10.2. The summed E-state index contributed by atoms with van der Waals surface area (Å²) in [6.07, 6.45) is 3.29. The molecule has 0 aliphatic heterocycles. The molecule has 162 valence electrons. The Kier molecular flexibility index (Phi) is 17.3. The first-order chi connectivity index (χ1) is 13.2. The largest absolute Gasteiger partial charge is 0.492 e. The van der Waals surface area contributed by atoms with Gasteiger partial charge in [0.15, 0.2) is 5.96 Å². The van der Waals surface area contributed by atoms with Crippen LogP contribution in [0.5, 0.6) is 5.75 Å². The van der Waals surface area contributed by atoms with Gasteiger partial charge in [-0.3, -0.25) is 0 Å². The third-order valence-corrected chi connectivity index (χ3v) is 3.87. The molecular formula is C21H39IN4O2. The number of aliphatic imine (C=N–C) groups is 1. The smallest absolute Gasteiger partial charge is 0.191 e. The lowest BCUT2D eigenvalue weighted by Gasteiger charge is -2.12. The average molecular weight is 506 g/mol. The molecule has 1 aromatic carbocycles. The van der Waals surface area contributed by atoms with Crippen molar-refractivity contribution in [3.05, 3.63) is 29.8 Å². The van der Waals surface area contributed by atoms with E-state index in [1.807, 2.05) is 26.2 Å². The third-order valence-electron chi connectivity index (χ3n) is 3.87. The molecule has 28 heavy (non-hydrogen) atoms. The Morgan fingerprint density at radius 1 is 1.07 bits per heavy atom. The van der Waals surface area contributed by atoms with Crippen LogP contribution in [0, 0.1) is 0 Å². The highest BCUT2D eigenvalue weighted by Gasteiger charge is 2.00. The van der Waals surface area contributed by atoms with Gasteiger partial charge in [0.25, 0.3) is 0 Å². The standard InChI is InChI=1S/C21H38N4O2.HI/c1-5-7-14-26-15-9-12-23-21(22-6-2)24-18-19-10-8-11-20(17-19)27-16-13-25(3)4;/h8,10-11,17H,5-7,9,12-16,18H2,1-4H3,(H2,22,23,24);1H. The van der Waals surface area contributed by atoms with Gasteiger partial charge in [-0.2, -0.15) is 0 Å². The molecule has 1 aromatic rings. The van der Waals surface area contributed by atoms with E-state index in [0.29, 0.717) is 13.2 Å². The number of likely N-dealkylation sites (N-methyl/N-ethyl adjacent to an activating group) is 1. The molecular weight excluding hydrogens is 467 g/mol. The van der Waals surface area contributed by atoms with Crippen molar-refractivity contribution in [2.24, 2.45) is 4.99 Å². The van der Waals surface area contributed by atoms with Gasteiger partial charge < -0.3 is 25.0 Å². The normalized spacial score (nSPS) is 11.2. The lowest BCUT2D eigenvalue weighted by Crippen LogP contribution is -2.38. The Labute approximate surface area is 188 Å². The van der Waals surface area contributed by atoms with Crippen molar-refractivity contribution >= 4 is 29.9 Å². The molecule has 0 radical (unpaired) electrons. The van der Waals surface area contributed by atoms with Crippen LogP contribution in [-0.2, 0) is 11.3 Å². The van der Waals surface area contributed by atoms with Crippen LogP contribution in [0.25, 0.3) is 0 Å². The molecule has 0 heterocycles. The summed E-state index contributed by atoms with van der Waals surface area (Å²) >= 11 is 0. The zero-order chi connectivity index (χ0) is 19.7. The Hall–Kier alpha value is -1.06. The van der Waals surface area contributed by atoms with Crippen molar-refractivity contribution in [1.82, 2.24) is 15.5 Å². The highest BCUT2D eigenvalue weighted by Crippen LogP contribution is 2.14. The maximum absolute atomic E-state index is 5.80. The second-order valence-corrected chi connectivity index (χ2v) is 6.74. The summed E-state index contributed by atoms with van der Waals surface area (Å²) in [5, 5.41) is 6.65. The molecule has 0 aliphatic rings. The Morgan fingerprint density at radius 2 is 1.86 bits per heavy atom. The molecule has 0 unspecified atom stereocenters. The number of ether oxygens (including phenoxy) is 2. The van der Waals surface area contributed by atoms with Gasteiger partial charge in [-0.25, -0.2) is 4.99 Å². The topological polar surface area (TPSA) is 58.1 Å². The summed E-state index contributed by atoms with van der Waals surface area (Å²) in [4.78, 5) is 6.78. The molecule has 0 spiro atoms. The minimum atomic E-state index is 0. The van der Waals surface area contributed by atoms with Gasteiger partial charge in [0.05, 0.1) is 6.54 Å². The van der Waals surface area contributed by atoms with E-state index in [-0.39, 0.29) is 24.0 Å². The van der Waals surface area contributed by atoms with E-state index in [1.54, 1.807) is 0 Å². The predicted molar refractivity (Wildman–Crippen MR) is 129 cm³/mol. The number of nitrogens with one attached hydrogen (secondary N) is 2. The third kappa shape index (κ3) is 14.0. The minimum Gasteiger partial charge on any atom is -0.492 e. The number of hydrogen-bond donors (Lipinski definition) is 2. The van der Waals surface area contributed by atoms with Gasteiger partial charge in [-0.05, 0) is 51.6 Å². The Balaban J connectivity index is 0.00000729. The Morgan fingerprint density at radius 3 is 2.57 bits per heavy atom. The van der Waals surface area contributed by atoms with E-state index in [2.05, 4.69) is 46.5 Å². The average Bonchev–Trinajstić information content (AvgIpc) is 2.65. The molecule has 0 fully saturated rings. The van der Waals surface area contributed by atoms with Crippen LogP contribution in [0.1, 0.15) is 38.7 Å². The van der Waals surface area contributed by atoms with Gasteiger partial charge in [-0.15, -0.1) is 24.0 Å². The van der Waals surface area contributed by atoms with Crippen molar-refractivity contribution in [3.8, 4) is 5.75 Å². The molecule has 0 atom stereocenters. The molecule has 0 saturated carbocycles. The van der Waals surface area contributed by atoms with Gasteiger partial charge >= 0.3 is 0 Å². The first kappa shape index (κ1) is 26.9. The number of unbranched alkanes of at least 4 members (excludes halogenated alkanes) is 1. The number of nitrogens with zero attached hydrogens (tertiary/aromatic N) is 2. The van der Waals surface area contributed by atoms with E-state index in [1.165, 1.54) is 6.42 Å². The van der Waals surface area contributed by atoms with Crippen LogP contribution < -0.4 is 15.4 Å². The Bertz CT molecular complexity index is 527. The van der Waals surface area contributed by atoms with Gasteiger partial charge in [-0.1, -0.05) is 25.5 Å². The van der Waals surface area contributed by atoms with Crippen LogP contribution in [0.4, 0.5) is 0 Å². The first-order valence-electron chi connectivity index (χ1n) is 10.1. The van der Waals surface area contributed by atoms with Crippen molar-refractivity contribution in [2.75, 3.05) is 53.6 Å². The van der Waals surface area contributed by atoms with Crippen molar-refractivity contribution in [1.29, 1.82) is 0 Å². The number of rotatable bonds is 14. The van der Waals surface area contributed by atoms with Crippen molar-refractivity contribution < 1.29 is 9.47 Å². The van der Waals surface area contributed by atoms with Crippen LogP contribution in [0.3, 0.4) is 0 Å². The number of benzene rings is 1. The van der Waals surface area contributed by atoms with Crippen molar-refractivity contribution in [3.63, 3.8) is 0 Å². The fourth-order valence-electron chi connectivity index (χ4n) is 2.32. The van der Waals surface area contributed by atoms with E-state index >= 15 is 0 Å². The summed E-state index contributed by atoms with van der Waals surface area (Å²) in [5.74, 6) is 1.73. The van der Waals surface area contributed by atoms with Crippen molar-refractivity contribution in [2.45, 2.75) is 39.7 Å². The predicted octanol–water partition coefficient (Wildman–Crippen LogP) is 3.51. The summed E-state index contributed by atoms with van der Waals surface area (Å²) < 4.78 is 11.4. The van der Waals surface area contributed by atoms with E-state index in [4.69, 9.17) is 9.47 Å². The summed E-state index contributed by atoms with van der Waals surface area (Å²) in [5.41, 5.74) is 1.14. The fourth-order valence-corrected chi connectivity index (χ4v) is 2.32. The molecule has 1 rings (SSSR count). The maximum atomic E-state index is 5.80. The zero-order valence-electron chi connectivity index (χ0n) is 18.0. The van der Waals surface area contributed by atoms with Crippen LogP contribution in [0.2, 0.25) is 0 Å². The minimum absolute atomic E-state index is 0. The second kappa shape index (κ2) is 18.0. The summed E-state index contributed by atoms with van der Waals surface area (Å²) in [6, 6.07) is 8.15. The summed E-state index contributed by atoms with van der Waals surface area (Å²) in [7, 11) is 4.09. The molecule has 2 N–H and O–H groups in total. The first-order valence-corrected chi connectivity index (χ1v) is 10.1. The van der Waals surface area contributed by atoms with Crippen LogP contribution in [-0.4, -0.2) is 64.4 Å². The number of hydrogen-bond acceptors (Lipinski definition) is 4. The molecule has 0 aromatic heterocycles. The van der Waals surface area contributed by atoms with E-state index in [9.17, 15) is 0 Å². The fraction of sp³-hybridized carbons (Fsp3) is 0.667. The molecule has 0 aliphatic carbocycles. The lowest BCUT2D eigenvalue weighted by molar-refractivity contribution is 0.129. The van der Waals surface area contributed by atoms with E-state index < -0.39 is 0 Å². The molecule has 6 nitrogen and oxygen atoms in total. The molecule has 7 heteroatoms. The highest BCUT2D eigenvalue weighted by atomic mass is 127. The maximum Gasteiger partial charge on any atom is 0.191 e. The number of guanidine groups is 1. The van der Waals surface area contributed by atoms with Crippen LogP contribution in [0.15, 0.2) is 29.3 Å². The zero-order valence-corrected chi connectivity index (χ0v) is 20.3. The van der Waals surface area contributed by atoms with Gasteiger partial charge in [0.2, 0.25) is 0 Å². The molecule has 0 bridgehead atoms. The molecule has 0 saturated heterocycles. The molecule has 0 amide bonds. The van der Waals surface area contributed by atoms with E-state index in [0.717, 1.165) is 63.0 Å². The van der Waals surface area contributed by atoms with Gasteiger partial charge in [0, 0.05) is 32.8 Å².